The fourth-order valence-electron chi connectivity index (χ4n) is 2.94. The molecule has 33 heavy (non-hydrogen) atoms. The standard InChI is InChI=1S/C23H15F4N3O2S/c24-17-3-1-2-14(10-17)19-11-15(21(31)29-13-20-28-8-9-33-20)12-30-22(19)32-18-6-4-16(5-7-18)23(25,26)27/h1-12H,13H2,(H,29,31). The van der Waals surface area contributed by atoms with E-state index < -0.39 is 23.5 Å². The number of ether oxygens (including phenoxy) is 1. The molecule has 2 heterocycles. The number of pyridine rings is 1. The first-order chi connectivity index (χ1) is 15.8. The van der Waals surface area contributed by atoms with Gasteiger partial charge in [-0.15, -0.1) is 11.3 Å². The molecule has 0 aliphatic carbocycles. The highest BCUT2D eigenvalue weighted by Crippen LogP contribution is 2.35. The molecule has 1 N–H and O–H groups in total. The Balaban J connectivity index is 1.64. The summed E-state index contributed by atoms with van der Waals surface area (Å²) in [5, 5.41) is 5.24. The molecule has 1 amide bonds. The van der Waals surface area contributed by atoms with Crippen LogP contribution in [0.1, 0.15) is 20.9 Å². The topological polar surface area (TPSA) is 64.1 Å². The van der Waals surface area contributed by atoms with Gasteiger partial charge in [0.15, 0.2) is 0 Å². The summed E-state index contributed by atoms with van der Waals surface area (Å²) in [5.41, 5.74) is 0.0706. The molecule has 2 aromatic heterocycles. The molecule has 4 rings (SSSR count). The van der Waals surface area contributed by atoms with Gasteiger partial charge in [0.25, 0.3) is 5.91 Å². The van der Waals surface area contributed by atoms with Gasteiger partial charge in [-0.05, 0) is 48.0 Å². The second-order valence-corrected chi connectivity index (χ2v) is 7.80. The zero-order valence-electron chi connectivity index (χ0n) is 16.8. The van der Waals surface area contributed by atoms with Gasteiger partial charge >= 0.3 is 6.18 Å². The van der Waals surface area contributed by atoms with Crippen LogP contribution in [0.5, 0.6) is 11.6 Å². The molecule has 2 aromatic carbocycles. The van der Waals surface area contributed by atoms with Crippen LogP contribution in [-0.4, -0.2) is 15.9 Å². The Labute approximate surface area is 189 Å². The van der Waals surface area contributed by atoms with Crippen molar-refractivity contribution in [2.24, 2.45) is 0 Å². The molecule has 0 spiro atoms. The summed E-state index contributed by atoms with van der Waals surface area (Å²) in [7, 11) is 0. The lowest BCUT2D eigenvalue weighted by molar-refractivity contribution is -0.137. The number of benzene rings is 2. The first-order valence-electron chi connectivity index (χ1n) is 9.57. The Morgan fingerprint density at radius 2 is 1.85 bits per heavy atom. The van der Waals surface area contributed by atoms with E-state index in [0.717, 1.165) is 29.3 Å². The monoisotopic (exact) mass is 473 g/mol. The molecule has 0 atom stereocenters. The average Bonchev–Trinajstić information content (AvgIpc) is 3.31. The maximum atomic E-state index is 13.9. The van der Waals surface area contributed by atoms with E-state index >= 15 is 0 Å². The minimum atomic E-state index is -4.48. The lowest BCUT2D eigenvalue weighted by atomic mass is 10.0. The minimum Gasteiger partial charge on any atom is -0.438 e. The third kappa shape index (κ3) is 5.53. The van der Waals surface area contributed by atoms with Gasteiger partial charge in [-0.25, -0.2) is 14.4 Å². The van der Waals surface area contributed by atoms with E-state index in [2.05, 4.69) is 15.3 Å². The highest BCUT2D eigenvalue weighted by Gasteiger charge is 2.30. The summed E-state index contributed by atoms with van der Waals surface area (Å²) in [6.45, 7) is 0.232. The fourth-order valence-corrected chi connectivity index (χ4v) is 3.50. The maximum absolute atomic E-state index is 13.9. The number of nitrogens with zero attached hydrogens (tertiary/aromatic N) is 2. The third-order valence-corrected chi connectivity index (χ3v) is 5.31. The van der Waals surface area contributed by atoms with Gasteiger partial charge in [0.1, 0.15) is 16.6 Å². The zero-order valence-corrected chi connectivity index (χ0v) is 17.6. The van der Waals surface area contributed by atoms with Crippen molar-refractivity contribution in [2.45, 2.75) is 12.7 Å². The molecule has 5 nitrogen and oxygen atoms in total. The second kappa shape index (κ2) is 9.37. The molecule has 0 saturated heterocycles. The zero-order chi connectivity index (χ0) is 23.4. The van der Waals surface area contributed by atoms with Crippen molar-refractivity contribution >= 4 is 17.2 Å². The van der Waals surface area contributed by atoms with Crippen molar-refractivity contribution in [3.8, 4) is 22.8 Å². The van der Waals surface area contributed by atoms with Crippen LogP contribution >= 0.6 is 11.3 Å². The number of rotatable bonds is 6. The fraction of sp³-hybridized carbons (Fsp3) is 0.0870. The highest BCUT2D eigenvalue weighted by atomic mass is 32.1. The van der Waals surface area contributed by atoms with Crippen molar-refractivity contribution in [1.29, 1.82) is 0 Å². The Hall–Kier alpha value is -3.79. The highest BCUT2D eigenvalue weighted by molar-refractivity contribution is 7.09. The first-order valence-corrected chi connectivity index (χ1v) is 10.5. The van der Waals surface area contributed by atoms with Gasteiger partial charge in [0, 0.05) is 23.3 Å². The lowest BCUT2D eigenvalue weighted by Gasteiger charge is -2.13. The van der Waals surface area contributed by atoms with Gasteiger partial charge < -0.3 is 10.1 Å². The van der Waals surface area contributed by atoms with Crippen molar-refractivity contribution in [3.05, 3.63) is 94.3 Å². The lowest BCUT2D eigenvalue weighted by Crippen LogP contribution is -2.23. The van der Waals surface area contributed by atoms with Crippen molar-refractivity contribution in [1.82, 2.24) is 15.3 Å². The Kier molecular flexibility index (Phi) is 6.36. The van der Waals surface area contributed by atoms with E-state index in [1.807, 2.05) is 0 Å². The van der Waals surface area contributed by atoms with Crippen LogP contribution < -0.4 is 10.1 Å². The van der Waals surface area contributed by atoms with Crippen molar-refractivity contribution < 1.29 is 27.1 Å². The summed E-state index contributed by atoms with van der Waals surface area (Å²) in [6.07, 6.45) is -1.57. The molecule has 10 heteroatoms. The second-order valence-electron chi connectivity index (χ2n) is 6.82. The van der Waals surface area contributed by atoms with E-state index in [0.29, 0.717) is 11.1 Å². The molecule has 0 aliphatic rings. The van der Waals surface area contributed by atoms with Crippen molar-refractivity contribution in [3.63, 3.8) is 0 Å². The number of amides is 1. The number of alkyl halides is 3. The van der Waals surface area contributed by atoms with Crippen LogP contribution in [0.25, 0.3) is 11.1 Å². The van der Waals surface area contributed by atoms with Gasteiger partial charge in [-0.2, -0.15) is 13.2 Å². The first kappa shape index (κ1) is 22.4. The van der Waals surface area contributed by atoms with Crippen LogP contribution in [0.4, 0.5) is 17.6 Å². The van der Waals surface area contributed by atoms with E-state index in [9.17, 15) is 22.4 Å². The number of carbonyl (C=O) groups is 1. The normalized spacial score (nSPS) is 11.3. The third-order valence-electron chi connectivity index (χ3n) is 4.53. The summed E-state index contributed by atoms with van der Waals surface area (Å²) in [5.74, 6) is -0.811. The summed E-state index contributed by atoms with van der Waals surface area (Å²) in [4.78, 5) is 20.9. The molecular weight excluding hydrogens is 458 g/mol. The van der Waals surface area contributed by atoms with Gasteiger partial charge in [0.05, 0.1) is 17.7 Å². The molecule has 4 aromatic rings. The molecule has 0 fully saturated rings. The maximum Gasteiger partial charge on any atom is 0.416 e. The molecule has 0 radical (unpaired) electrons. The predicted molar refractivity (Wildman–Crippen MR) is 114 cm³/mol. The number of thiazole rings is 1. The number of hydrogen-bond acceptors (Lipinski definition) is 5. The molecule has 0 unspecified atom stereocenters. The number of halogens is 4. The Bertz CT molecular complexity index is 1260. The number of aromatic nitrogens is 2. The summed E-state index contributed by atoms with van der Waals surface area (Å²) >= 11 is 1.39. The molecule has 0 bridgehead atoms. The largest absolute Gasteiger partial charge is 0.438 e. The van der Waals surface area contributed by atoms with Crippen molar-refractivity contribution in [2.75, 3.05) is 0 Å². The van der Waals surface area contributed by atoms with E-state index in [4.69, 9.17) is 4.74 Å². The summed E-state index contributed by atoms with van der Waals surface area (Å²) < 4.78 is 58.0. The minimum absolute atomic E-state index is 0.0110. The number of hydrogen-bond donors (Lipinski definition) is 1. The number of nitrogens with one attached hydrogen (secondary N) is 1. The molecule has 168 valence electrons. The Morgan fingerprint density at radius 1 is 1.06 bits per heavy atom. The van der Waals surface area contributed by atoms with Gasteiger partial charge in [-0.3, -0.25) is 4.79 Å². The average molecular weight is 473 g/mol. The van der Waals surface area contributed by atoms with Gasteiger partial charge in [0.2, 0.25) is 5.88 Å². The SMILES string of the molecule is O=C(NCc1nccs1)c1cnc(Oc2ccc(C(F)(F)F)cc2)c(-c2cccc(F)c2)c1. The van der Waals surface area contributed by atoms with Crippen LogP contribution in [0.2, 0.25) is 0 Å². The van der Waals surface area contributed by atoms with Gasteiger partial charge in [-0.1, -0.05) is 12.1 Å². The van der Waals surface area contributed by atoms with E-state index in [1.54, 1.807) is 17.6 Å². The molecular formula is C23H15F4N3O2S. The molecule has 0 saturated carbocycles. The van der Waals surface area contributed by atoms with Crippen LogP contribution in [0.15, 0.2) is 72.4 Å². The van der Waals surface area contributed by atoms with E-state index in [-0.39, 0.29) is 23.7 Å². The smallest absolute Gasteiger partial charge is 0.416 e. The number of carbonyl (C=O) groups excluding carboxylic acids is 1. The quantitative estimate of drug-likeness (QED) is 0.345. The van der Waals surface area contributed by atoms with Crippen LogP contribution in [0.3, 0.4) is 0 Å². The predicted octanol–water partition coefficient (Wildman–Crippen LogP) is 6.09. The van der Waals surface area contributed by atoms with Crippen LogP contribution in [-0.2, 0) is 12.7 Å². The Morgan fingerprint density at radius 3 is 2.52 bits per heavy atom. The summed E-state index contributed by atoms with van der Waals surface area (Å²) in [6, 6.07) is 11.2. The van der Waals surface area contributed by atoms with Crippen LogP contribution in [0, 0.1) is 5.82 Å². The molecule has 0 aliphatic heterocycles. The van der Waals surface area contributed by atoms with E-state index in [1.165, 1.54) is 41.8 Å².